The van der Waals surface area contributed by atoms with Crippen LogP contribution in [-0.4, -0.2) is 32.7 Å². The highest BCUT2D eigenvalue weighted by Crippen LogP contribution is 2.15. The number of hydrogen-bond donors (Lipinski definition) is 1. The minimum Gasteiger partial charge on any atom is -0.484 e. The largest absolute Gasteiger partial charge is 0.484 e. The van der Waals surface area contributed by atoms with Crippen LogP contribution in [0, 0.1) is 0 Å². The molecular formula is C19H21N5O2. The van der Waals surface area contributed by atoms with Gasteiger partial charge < -0.3 is 10.1 Å². The van der Waals surface area contributed by atoms with Crippen molar-refractivity contribution < 1.29 is 9.53 Å². The van der Waals surface area contributed by atoms with Gasteiger partial charge in [0.05, 0.1) is 11.7 Å². The van der Waals surface area contributed by atoms with Gasteiger partial charge in [-0.3, -0.25) is 4.79 Å². The molecule has 26 heavy (non-hydrogen) atoms. The van der Waals surface area contributed by atoms with E-state index < -0.39 is 0 Å². The molecule has 0 aliphatic carbocycles. The molecule has 0 bridgehead atoms. The first-order chi connectivity index (χ1) is 12.7. The fourth-order valence-electron chi connectivity index (χ4n) is 2.53. The van der Waals surface area contributed by atoms with Crippen LogP contribution in [0.4, 0.5) is 0 Å². The molecule has 7 nitrogen and oxygen atoms in total. The van der Waals surface area contributed by atoms with Gasteiger partial charge in [-0.2, -0.15) is 0 Å². The number of amides is 1. The van der Waals surface area contributed by atoms with E-state index in [1.807, 2.05) is 31.2 Å². The molecule has 1 aromatic heterocycles. The highest BCUT2D eigenvalue weighted by Gasteiger charge is 2.10. The van der Waals surface area contributed by atoms with Gasteiger partial charge in [0.25, 0.3) is 5.91 Å². The van der Waals surface area contributed by atoms with Gasteiger partial charge in [-0.05, 0) is 59.2 Å². The van der Waals surface area contributed by atoms with Crippen LogP contribution in [0.25, 0.3) is 5.69 Å². The van der Waals surface area contributed by atoms with Crippen LogP contribution >= 0.6 is 0 Å². The topological polar surface area (TPSA) is 81.9 Å². The summed E-state index contributed by atoms with van der Waals surface area (Å²) < 4.78 is 7.08. The molecule has 0 saturated carbocycles. The zero-order valence-electron chi connectivity index (χ0n) is 14.8. The van der Waals surface area contributed by atoms with Crippen molar-refractivity contribution in [3.8, 4) is 11.4 Å². The van der Waals surface area contributed by atoms with E-state index in [1.165, 1.54) is 11.9 Å². The molecule has 0 radical (unpaired) electrons. The molecule has 0 saturated heterocycles. The fourth-order valence-corrected chi connectivity index (χ4v) is 2.53. The molecular weight excluding hydrogens is 330 g/mol. The molecule has 7 heteroatoms. The third-order valence-electron chi connectivity index (χ3n) is 4.09. The zero-order chi connectivity index (χ0) is 18.4. The average Bonchev–Trinajstić information content (AvgIpc) is 3.21. The number of rotatable bonds is 7. The van der Waals surface area contributed by atoms with E-state index in [1.54, 1.807) is 16.8 Å². The van der Waals surface area contributed by atoms with Crippen molar-refractivity contribution in [2.75, 3.05) is 6.61 Å². The summed E-state index contributed by atoms with van der Waals surface area (Å²) >= 11 is 0. The lowest BCUT2D eigenvalue weighted by atomic mass is 10.1. The lowest BCUT2D eigenvalue weighted by Gasteiger charge is -2.15. The number of nitrogens with zero attached hydrogens (tertiary/aromatic N) is 4. The summed E-state index contributed by atoms with van der Waals surface area (Å²) in [6, 6.07) is 15.4. The van der Waals surface area contributed by atoms with E-state index in [2.05, 4.69) is 39.9 Å². The molecule has 1 heterocycles. The average molecular weight is 351 g/mol. The molecule has 1 amide bonds. The number of aryl methyl sites for hydroxylation is 1. The first kappa shape index (κ1) is 17.6. The smallest absolute Gasteiger partial charge is 0.258 e. The van der Waals surface area contributed by atoms with Gasteiger partial charge in [0.1, 0.15) is 12.1 Å². The van der Waals surface area contributed by atoms with E-state index >= 15 is 0 Å². The van der Waals surface area contributed by atoms with Gasteiger partial charge >= 0.3 is 0 Å². The van der Waals surface area contributed by atoms with Crippen LogP contribution in [0.15, 0.2) is 54.9 Å². The first-order valence-electron chi connectivity index (χ1n) is 8.50. The Labute approximate surface area is 152 Å². The lowest BCUT2D eigenvalue weighted by molar-refractivity contribution is -0.123. The van der Waals surface area contributed by atoms with Crippen molar-refractivity contribution in [2.45, 2.75) is 26.3 Å². The number of benzene rings is 2. The molecule has 0 spiro atoms. The summed E-state index contributed by atoms with van der Waals surface area (Å²) in [5, 5.41) is 13.9. The van der Waals surface area contributed by atoms with Gasteiger partial charge in [0, 0.05) is 0 Å². The minimum absolute atomic E-state index is 0.0401. The minimum atomic E-state index is -0.165. The number of tetrazole rings is 1. The molecule has 1 atom stereocenters. The Balaban J connectivity index is 1.50. The number of nitrogens with one attached hydrogen (secondary N) is 1. The summed E-state index contributed by atoms with van der Waals surface area (Å²) in [5.74, 6) is 0.443. The lowest BCUT2D eigenvalue weighted by Crippen LogP contribution is -2.31. The van der Waals surface area contributed by atoms with Crippen molar-refractivity contribution in [1.82, 2.24) is 25.5 Å². The van der Waals surface area contributed by atoms with Crippen molar-refractivity contribution in [3.63, 3.8) is 0 Å². The van der Waals surface area contributed by atoms with Crippen molar-refractivity contribution >= 4 is 5.91 Å². The molecule has 0 aliphatic rings. The summed E-state index contributed by atoms with van der Waals surface area (Å²) in [7, 11) is 0. The highest BCUT2D eigenvalue weighted by atomic mass is 16.5. The fraction of sp³-hybridized carbons (Fsp3) is 0.263. The summed E-state index contributed by atoms with van der Waals surface area (Å²) in [4.78, 5) is 12.1. The Morgan fingerprint density at radius 3 is 2.50 bits per heavy atom. The second-order valence-electron chi connectivity index (χ2n) is 5.92. The van der Waals surface area contributed by atoms with Crippen LogP contribution in [0.1, 0.15) is 31.0 Å². The van der Waals surface area contributed by atoms with E-state index in [0.29, 0.717) is 5.75 Å². The van der Waals surface area contributed by atoms with Gasteiger partial charge in [-0.25, -0.2) is 4.68 Å². The Bertz CT molecular complexity index is 829. The summed E-state index contributed by atoms with van der Waals surface area (Å²) in [6.45, 7) is 4.04. The molecule has 3 aromatic rings. The predicted octanol–water partition coefficient (Wildman–Crippen LogP) is 2.48. The van der Waals surface area contributed by atoms with E-state index in [9.17, 15) is 4.79 Å². The van der Waals surface area contributed by atoms with Crippen LogP contribution < -0.4 is 10.1 Å². The van der Waals surface area contributed by atoms with Crippen molar-refractivity contribution in [3.05, 3.63) is 66.0 Å². The molecule has 1 N–H and O–H groups in total. The number of hydrogen-bond acceptors (Lipinski definition) is 5. The molecule has 0 fully saturated rings. The van der Waals surface area contributed by atoms with Crippen LogP contribution in [-0.2, 0) is 11.2 Å². The van der Waals surface area contributed by atoms with Gasteiger partial charge in [0.2, 0.25) is 0 Å². The number of carbonyl (C=O) groups excluding carboxylic acids is 1. The monoisotopic (exact) mass is 351 g/mol. The van der Waals surface area contributed by atoms with Gasteiger partial charge in [0.15, 0.2) is 6.61 Å². The van der Waals surface area contributed by atoms with E-state index in [4.69, 9.17) is 4.74 Å². The Kier molecular flexibility index (Phi) is 5.58. The molecule has 134 valence electrons. The summed E-state index contributed by atoms with van der Waals surface area (Å²) in [6.07, 6.45) is 2.51. The molecule has 0 aliphatic heterocycles. The van der Waals surface area contributed by atoms with Gasteiger partial charge in [-0.15, -0.1) is 5.10 Å². The maximum atomic E-state index is 12.1. The SMILES string of the molecule is CCc1ccc([C@H](C)NC(=O)COc2ccc(-n3cnnn3)cc2)cc1. The van der Waals surface area contributed by atoms with E-state index in [0.717, 1.165) is 17.7 Å². The standard InChI is InChI=1S/C19H21N5O2/c1-3-15-4-6-16(7-5-15)14(2)21-19(25)12-26-18-10-8-17(9-11-18)24-13-20-22-23-24/h4-11,13-14H,3,12H2,1-2H3,(H,21,25)/t14-/m0/s1. The van der Waals surface area contributed by atoms with Crippen molar-refractivity contribution in [2.24, 2.45) is 0 Å². The number of ether oxygens (including phenoxy) is 1. The highest BCUT2D eigenvalue weighted by molar-refractivity contribution is 5.78. The third-order valence-corrected chi connectivity index (χ3v) is 4.09. The second-order valence-corrected chi connectivity index (χ2v) is 5.92. The van der Waals surface area contributed by atoms with Gasteiger partial charge in [-0.1, -0.05) is 31.2 Å². The molecule has 0 unspecified atom stereocenters. The van der Waals surface area contributed by atoms with E-state index in [-0.39, 0.29) is 18.6 Å². The summed E-state index contributed by atoms with van der Waals surface area (Å²) in [5.41, 5.74) is 3.16. The zero-order valence-corrected chi connectivity index (χ0v) is 14.8. The Hall–Kier alpha value is -3.22. The molecule has 2 aromatic carbocycles. The van der Waals surface area contributed by atoms with Crippen molar-refractivity contribution in [1.29, 1.82) is 0 Å². The van der Waals surface area contributed by atoms with Crippen LogP contribution in [0.3, 0.4) is 0 Å². The number of aromatic nitrogens is 4. The number of carbonyl (C=O) groups is 1. The van der Waals surface area contributed by atoms with Crippen LogP contribution in [0.2, 0.25) is 0 Å². The maximum Gasteiger partial charge on any atom is 0.258 e. The maximum absolute atomic E-state index is 12.1. The first-order valence-corrected chi connectivity index (χ1v) is 8.50. The molecule has 3 rings (SSSR count). The second kappa shape index (κ2) is 8.24. The normalized spacial score (nSPS) is 11.8. The Morgan fingerprint density at radius 1 is 1.15 bits per heavy atom. The van der Waals surface area contributed by atoms with Crippen LogP contribution in [0.5, 0.6) is 5.75 Å². The Morgan fingerprint density at radius 2 is 1.88 bits per heavy atom. The quantitative estimate of drug-likeness (QED) is 0.707. The predicted molar refractivity (Wildman–Crippen MR) is 97.0 cm³/mol. The third kappa shape index (κ3) is 4.44.